The first kappa shape index (κ1) is 12.8. The third kappa shape index (κ3) is 1.98. The van der Waals surface area contributed by atoms with Crippen molar-refractivity contribution in [1.82, 2.24) is 9.38 Å². The molecule has 0 fully saturated rings. The standard InChI is InChI=1S/C16H15FN2O/c1-10-3-4-12(7-11(10)2)16-14(9-20)19-8-13(17)5-6-15(19)18-16/h3-8,20H,9H2,1-2H3. The normalized spacial score (nSPS) is 11.2. The SMILES string of the molecule is Cc1ccc(-c2nc3ccc(F)cn3c2CO)cc1C. The van der Waals surface area contributed by atoms with E-state index in [4.69, 9.17) is 0 Å². The highest BCUT2D eigenvalue weighted by molar-refractivity contribution is 5.67. The van der Waals surface area contributed by atoms with Crippen molar-refractivity contribution in [2.24, 2.45) is 0 Å². The summed E-state index contributed by atoms with van der Waals surface area (Å²) in [6.45, 7) is 3.89. The second-order valence-electron chi connectivity index (χ2n) is 4.94. The Morgan fingerprint density at radius 2 is 1.95 bits per heavy atom. The lowest BCUT2D eigenvalue weighted by atomic mass is 10.0. The van der Waals surface area contributed by atoms with Gasteiger partial charge in [-0.05, 0) is 43.2 Å². The molecule has 0 aliphatic carbocycles. The summed E-state index contributed by atoms with van der Waals surface area (Å²) in [5, 5.41) is 9.60. The molecule has 0 spiro atoms. The summed E-state index contributed by atoms with van der Waals surface area (Å²) in [6, 6.07) is 9.01. The van der Waals surface area contributed by atoms with Crippen molar-refractivity contribution in [3.8, 4) is 11.3 Å². The van der Waals surface area contributed by atoms with E-state index >= 15 is 0 Å². The maximum Gasteiger partial charge on any atom is 0.139 e. The van der Waals surface area contributed by atoms with Crippen molar-refractivity contribution in [1.29, 1.82) is 0 Å². The van der Waals surface area contributed by atoms with Crippen molar-refractivity contribution in [2.45, 2.75) is 20.5 Å². The number of aromatic nitrogens is 2. The molecule has 0 aliphatic rings. The number of aliphatic hydroxyl groups excluding tert-OH is 1. The fraction of sp³-hybridized carbons (Fsp3) is 0.188. The molecule has 0 saturated carbocycles. The number of pyridine rings is 1. The minimum atomic E-state index is -0.351. The van der Waals surface area contributed by atoms with E-state index in [2.05, 4.69) is 4.98 Å². The van der Waals surface area contributed by atoms with Crippen LogP contribution >= 0.6 is 0 Å². The summed E-state index contributed by atoms with van der Waals surface area (Å²) in [4.78, 5) is 4.50. The van der Waals surface area contributed by atoms with Gasteiger partial charge >= 0.3 is 0 Å². The molecule has 0 radical (unpaired) electrons. The van der Waals surface area contributed by atoms with Crippen LogP contribution in [-0.2, 0) is 6.61 Å². The lowest BCUT2D eigenvalue weighted by molar-refractivity contribution is 0.276. The predicted octanol–water partition coefficient (Wildman–Crippen LogP) is 3.25. The van der Waals surface area contributed by atoms with Crippen molar-refractivity contribution < 1.29 is 9.50 Å². The van der Waals surface area contributed by atoms with Gasteiger partial charge in [-0.1, -0.05) is 12.1 Å². The van der Waals surface area contributed by atoms with Gasteiger partial charge in [-0.2, -0.15) is 0 Å². The van der Waals surface area contributed by atoms with E-state index in [1.165, 1.54) is 17.8 Å². The van der Waals surface area contributed by atoms with Gasteiger partial charge in [0.05, 0.1) is 18.0 Å². The monoisotopic (exact) mass is 270 g/mol. The molecule has 102 valence electrons. The fourth-order valence-electron chi connectivity index (χ4n) is 2.34. The number of aliphatic hydroxyl groups is 1. The number of halogens is 1. The molecule has 20 heavy (non-hydrogen) atoms. The van der Waals surface area contributed by atoms with Crippen LogP contribution in [0.5, 0.6) is 0 Å². The minimum Gasteiger partial charge on any atom is -0.390 e. The summed E-state index contributed by atoms with van der Waals surface area (Å²) in [5.41, 5.74) is 5.22. The average Bonchev–Trinajstić information content (AvgIpc) is 2.79. The number of nitrogens with zero attached hydrogens (tertiary/aromatic N) is 2. The van der Waals surface area contributed by atoms with Crippen molar-refractivity contribution in [3.63, 3.8) is 0 Å². The van der Waals surface area contributed by atoms with Crippen LogP contribution in [0.25, 0.3) is 16.9 Å². The number of imidazole rings is 1. The van der Waals surface area contributed by atoms with Crippen LogP contribution in [0.2, 0.25) is 0 Å². The molecular weight excluding hydrogens is 255 g/mol. The van der Waals surface area contributed by atoms with E-state index in [0.29, 0.717) is 17.0 Å². The molecule has 0 atom stereocenters. The van der Waals surface area contributed by atoms with Crippen molar-refractivity contribution in [2.75, 3.05) is 0 Å². The van der Waals surface area contributed by atoms with Gasteiger partial charge in [-0.15, -0.1) is 0 Å². The van der Waals surface area contributed by atoms with E-state index in [1.807, 2.05) is 32.0 Å². The van der Waals surface area contributed by atoms with Crippen LogP contribution in [0, 0.1) is 19.7 Å². The van der Waals surface area contributed by atoms with Gasteiger partial charge in [-0.25, -0.2) is 9.37 Å². The molecule has 2 heterocycles. The Morgan fingerprint density at radius 3 is 2.65 bits per heavy atom. The number of hydrogen-bond donors (Lipinski definition) is 1. The summed E-state index contributed by atoms with van der Waals surface area (Å²) < 4.78 is 14.9. The third-order valence-corrected chi connectivity index (χ3v) is 3.61. The molecular formula is C16H15FN2O. The average molecular weight is 270 g/mol. The fourth-order valence-corrected chi connectivity index (χ4v) is 2.34. The first-order valence-corrected chi connectivity index (χ1v) is 6.45. The largest absolute Gasteiger partial charge is 0.390 e. The van der Waals surface area contributed by atoms with Crippen LogP contribution in [0.4, 0.5) is 4.39 Å². The highest BCUT2D eigenvalue weighted by atomic mass is 19.1. The molecule has 0 bridgehead atoms. The zero-order chi connectivity index (χ0) is 14.3. The quantitative estimate of drug-likeness (QED) is 0.776. The third-order valence-electron chi connectivity index (χ3n) is 3.61. The summed E-state index contributed by atoms with van der Waals surface area (Å²) in [5.74, 6) is -0.351. The van der Waals surface area contributed by atoms with E-state index in [0.717, 1.165) is 11.1 Å². The Balaban J connectivity index is 2.27. The Labute approximate surface area is 116 Å². The Morgan fingerprint density at radius 1 is 1.15 bits per heavy atom. The second-order valence-corrected chi connectivity index (χ2v) is 4.94. The number of rotatable bonds is 2. The molecule has 3 aromatic rings. The molecule has 1 N–H and O–H groups in total. The van der Waals surface area contributed by atoms with Gasteiger partial charge in [0.2, 0.25) is 0 Å². The molecule has 0 saturated heterocycles. The van der Waals surface area contributed by atoms with Crippen LogP contribution in [0.15, 0.2) is 36.5 Å². The summed E-state index contributed by atoms with van der Waals surface area (Å²) in [6.07, 6.45) is 1.35. The zero-order valence-corrected chi connectivity index (χ0v) is 11.4. The number of benzene rings is 1. The lowest BCUT2D eigenvalue weighted by Gasteiger charge is -2.05. The van der Waals surface area contributed by atoms with Crippen molar-refractivity contribution in [3.05, 3.63) is 59.2 Å². The first-order chi connectivity index (χ1) is 9.60. The molecule has 0 amide bonds. The molecule has 0 unspecified atom stereocenters. The van der Waals surface area contributed by atoms with E-state index in [9.17, 15) is 9.50 Å². The van der Waals surface area contributed by atoms with Crippen LogP contribution < -0.4 is 0 Å². The summed E-state index contributed by atoms with van der Waals surface area (Å²) >= 11 is 0. The topological polar surface area (TPSA) is 37.5 Å². The number of fused-ring (bicyclic) bond motifs is 1. The van der Waals surface area contributed by atoms with E-state index < -0.39 is 0 Å². The van der Waals surface area contributed by atoms with Gasteiger partial charge < -0.3 is 5.11 Å². The maximum absolute atomic E-state index is 13.4. The van der Waals surface area contributed by atoms with E-state index in [-0.39, 0.29) is 12.4 Å². The molecule has 2 aromatic heterocycles. The highest BCUT2D eigenvalue weighted by Crippen LogP contribution is 2.26. The number of aryl methyl sites for hydroxylation is 2. The molecule has 3 rings (SSSR count). The first-order valence-electron chi connectivity index (χ1n) is 6.45. The second kappa shape index (κ2) is 4.72. The van der Waals surface area contributed by atoms with Gasteiger partial charge in [0.25, 0.3) is 0 Å². The molecule has 1 aromatic carbocycles. The predicted molar refractivity (Wildman–Crippen MR) is 76.0 cm³/mol. The molecule has 0 aliphatic heterocycles. The van der Waals surface area contributed by atoms with Crippen molar-refractivity contribution >= 4 is 5.65 Å². The van der Waals surface area contributed by atoms with Gasteiger partial charge in [0.1, 0.15) is 11.5 Å². The molecule has 4 heteroatoms. The lowest BCUT2D eigenvalue weighted by Crippen LogP contribution is -1.95. The van der Waals surface area contributed by atoms with Gasteiger partial charge in [0.15, 0.2) is 0 Å². The number of hydrogen-bond acceptors (Lipinski definition) is 2. The van der Waals surface area contributed by atoms with Crippen LogP contribution in [-0.4, -0.2) is 14.5 Å². The Hall–Kier alpha value is -2.20. The maximum atomic E-state index is 13.4. The van der Waals surface area contributed by atoms with Gasteiger partial charge in [-0.3, -0.25) is 4.40 Å². The summed E-state index contributed by atoms with van der Waals surface area (Å²) in [7, 11) is 0. The highest BCUT2D eigenvalue weighted by Gasteiger charge is 2.14. The Bertz CT molecular complexity index is 793. The zero-order valence-electron chi connectivity index (χ0n) is 11.4. The van der Waals surface area contributed by atoms with Crippen LogP contribution in [0.1, 0.15) is 16.8 Å². The van der Waals surface area contributed by atoms with Gasteiger partial charge in [0, 0.05) is 11.8 Å². The van der Waals surface area contributed by atoms with E-state index in [1.54, 1.807) is 10.5 Å². The smallest absolute Gasteiger partial charge is 0.139 e. The van der Waals surface area contributed by atoms with Crippen LogP contribution in [0.3, 0.4) is 0 Å². The minimum absolute atomic E-state index is 0.188. The molecule has 3 nitrogen and oxygen atoms in total. The Kier molecular flexibility index (Phi) is 3.03.